The Hall–Kier alpha value is -2.62. The summed E-state index contributed by atoms with van der Waals surface area (Å²) < 4.78 is 0. The van der Waals surface area contributed by atoms with Gasteiger partial charge < -0.3 is 10.2 Å². The first-order valence-electron chi connectivity index (χ1n) is 8.71. The molecule has 1 N–H and O–H groups in total. The van der Waals surface area contributed by atoms with Gasteiger partial charge in [0.05, 0.1) is 11.5 Å². The number of benzene rings is 2. The van der Waals surface area contributed by atoms with Crippen LogP contribution in [0.2, 0.25) is 0 Å². The molecule has 0 saturated carbocycles. The van der Waals surface area contributed by atoms with Crippen LogP contribution in [0.5, 0.6) is 0 Å². The second-order valence-electron chi connectivity index (χ2n) is 6.69. The zero-order valence-electron chi connectivity index (χ0n) is 15.0. The molecule has 0 aromatic heterocycles. The van der Waals surface area contributed by atoms with Crippen LogP contribution in [0.25, 0.3) is 0 Å². The van der Waals surface area contributed by atoms with Gasteiger partial charge in [-0.3, -0.25) is 9.59 Å². The van der Waals surface area contributed by atoms with Gasteiger partial charge in [0, 0.05) is 19.2 Å². The SMILES string of the molecule is CC[C@@]1(CC(=O)N[C@H](C)c2ccccc2)C(=O)N(C)c2ccccc21. The maximum Gasteiger partial charge on any atom is 0.237 e. The normalized spacial score (nSPS) is 20.3. The molecule has 0 fully saturated rings. The minimum Gasteiger partial charge on any atom is -0.350 e. The highest BCUT2D eigenvalue weighted by atomic mass is 16.2. The van der Waals surface area contributed by atoms with Crippen molar-refractivity contribution in [2.24, 2.45) is 0 Å². The molecule has 1 heterocycles. The number of likely N-dealkylation sites (N-methyl/N-ethyl adjacent to an activating group) is 1. The van der Waals surface area contributed by atoms with Crippen molar-refractivity contribution in [3.05, 3.63) is 65.7 Å². The van der Waals surface area contributed by atoms with E-state index in [-0.39, 0.29) is 24.3 Å². The van der Waals surface area contributed by atoms with Crippen molar-refractivity contribution in [1.29, 1.82) is 0 Å². The summed E-state index contributed by atoms with van der Waals surface area (Å²) in [6.45, 7) is 3.93. The number of para-hydroxylation sites is 1. The Morgan fingerprint density at radius 1 is 1.12 bits per heavy atom. The van der Waals surface area contributed by atoms with E-state index in [2.05, 4.69) is 5.32 Å². The van der Waals surface area contributed by atoms with Gasteiger partial charge in [0.15, 0.2) is 0 Å². The lowest BCUT2D eigenvalue weighted by molar-refractivity contribution is -0.130. The number of amides is 2. The van der Waals surface area contributed by atoms with Crippen molar-refractivity contribution in [2.45, 2.75) is 38.1 Å². The van der Waals surface area contributed by atoms with Crippen molar-refractivity contribution in [3.63, 3.8) is 0 Å². The third-order valence-corrected chi connectivity index (χ3v) is 5.24. The van der Waals surface area contributed by atoms with E-state index >= 15 is 0 Å². The van der Waals surface area contributed by atoms with Gasteiger partial charge in [-0.15, -0.1) is 0 Å². The second kappa shape index (κ2) is 6.71. The van der Waals surface area contributed by atoms with Gasteiger partial charge in [-0.25, -0.2) is 0 Å². The summed E-state index contributed by atoms with van der Waals surface area (Å²) in [5.74, 6) is -0.102. The third-order valence-electron chi connectivity index (χ3n) is 5.24. The minimum absolute atomic E-state index is 0.00119. The molecule has 0 aliphatic carbocycles. The number of hydrogen-bond acceptors (Lipinski definition) is 2. The van der Waals surface area contributed by atoms with E-state index in [0.717, 1.165) is 16.8 Å². The predicted octanol–water partition coefficient (Wildman–Crippen LogP) is 3.58. The molecular formula is C21H24N2O2. The van der Waals surface area contributed by atoms with Crippen LogP contribution in [-0.2, 0) is 15.0 Å². The van der Waals surface area contributed by atoms with E-state index in [1.165, 1.54) is 0 Å². The van der Waals surface area contributed by atoms with Crippen LogP contribution in [0, 0.1) is 0 Å². The molecule has 0 radical (unpaired) electrons. The van der Waals surface area contributed by atoms with E-state index in [1.807, 2.05) is 68.4 Å². The van der Waals surface area contributed by atoms with E-state index in [4.69, 9.17) is 0 Å². The maximum atomic E-state index is 13.0. The Kier molecular flexibility index (Phi) is 4.62. The number of hydrogen-bond donors (Lipinski definition) is 1. The molecule has 2 amide bonds. The average Bonchev–Trinajstić information content (AvgIpc) is 2.85. The van der Waals surface area contributed by atoms with E-state index in [0.29, 0.717) is 6.42 Å². The van der Waals surface area contributed by atoms with Crippen molar-refractivity contribution >= 4 is 17.5 Å². The molecule has 4 nitrogen and oxygen atoms in total. The average molecular weight is 336 g/mol. The van der Waals surface area contributed by atoms with Crippen molar-refractivity contribution in [3.8, 4) is 0 Å². The molecule has 2 aromatic rings. The molecule has 0 unspecified atom stereocenters. The largest absolute Gasteiger partial charge is 0.350 e. The number of carbonyl (C=O) groups is 2. The molecule has 25 heavy (non-hydrogen) atoms. The molecule has 0 spiro atoms. The summed E-state index contributed by atoms with van der Waals surface area (Å²) in [7, 11) is 1.78. The number of anilines is 1. The second-order valence-corrected chi connectivity index (χ2v) is 6.69. The lowest BCUT2D eigenvalue weighted by Crippen LogP contribution is -2.42. The number of carbonyl (C=O) groups excluding carboxylic acids is 2. The fourth-order valence-corrected chi connectivity index (χ4v) is 3.75. The van der Waals surface area contributed by atoms with E-state index < -0.39 is 5.41 Å². The summed E-state index contributed by atoms with van der Waals surface area (Å²) >= 11 is 0. The zero-order chi connectivity index (χ0) is 18.0. The Bertz CT molecular complexity index is 787. The first-order valence-corrected chi connectivity index (χ1v) is 8.71. The zero-order valence-corrected chi connectivity index (χ0v) is 15.0. The van der Waals surface area contributed by atoms with Crippen LogP contribution in [0.3, 0.4) is 0 Å². The fraction of sp³-hybridized carbons (Fsp3) is 0.333. The summed E-state index contributed by atoms with van der Waals surface area (Å²) in [5.41, 5.74) is 2.13. The van der Waals surface area contributed by atoms with Crippen LogP contribution >= 0.6 is 0 Å². The van der Waals surface area contributed by atoms with Crippen LogP contribution in [0.15, 0.2) is 54.6 Å². The lowest BCUT2D eigenvalue weighted by atomic mass is 9.76. The number of nitrogens with zero attached hydrogens (tertiary/aromatic N) is 1. The minimum atomic E-state index is -0.772. The van der Waals surface area contributed by atoms with Gasteiger partial charge in [-0.05, 0) is 30.5 Å². The fourth-order valence-electron chi connectivity index (χ4n) is 3.75. The van der Waals surface area contributed by atoms with Crippen molar-refractivity contribution in [1.82, 2.24) is 5.32 Å². The van der Waals surface area contributed by atoms with Crippen LogP contribution in [-0.4, -0.2) is 18.9 Å². The summed E-state index contributed by atoms with van der Waals surface area (Å²) in [4.78, 5) is 27.4. The number of nitrogens with one attached hydrogen (secondary N) is 1. The number of rotatable bonds is 5. The Morgan fingerprint density at radius 2 is 1.76 bits per heavy atom. The lowest BCUT2D eigenvalue weighted by Gasteiger charge is -2.27. The molecule has 1 aliphatic rings. The molecule has 1 aliphatic heterocycles. The van der Waals surface area contributed by atoms with Crippen molar-refractivity contribution < 1.29 is 9.59 Å². The Labute approximate surface area is 148 Å². The molecule has 3 rings (SSSR count). The van der Waals surface area contributed by atoms with Gasteiger partial charge >= 0.3 is 0 Å². The molecule has 0 saturated heterocycles. The van der Waals surface area contributed by atoms with Gasteiger partial charge in [0.1, 0.15) is 0 Å². The molecule has 130 valence electrons. The van der Waals surface area contributed by atoms with Crippen molar-refractivity contribution in [2.75, 3.05) is 11.9 Å². The predicted molar refractivity (Wildman–Crippen MR) is 99.4 cm³/mol. The summed E-state index contributed by atoms with van der Waals surface area (Å²) in [5, 5.41) is 3.04. The number of fused-ring (bicyclic) bond motifs is 1. The first-order chi connectivity index (χ1) is 12.0. The highest BCUT2D eigenvalue weighted by molar-refractivity contribution is 6.09. The van der Waals surface area contributed by atoms with Crippen LogP contribution in [0.4, 0.5) is 5.69 Å². The maximum absolute atomic E-state index is 13.0. The van der Waals surface area contributed by atoms with Gasteiger partial charge in [0.25, 0.3) is 0 Å². The standard InChI is InChI=1S/C21H24N2O2/c1-4-21(17-12-8-9-13-18(17)23(3)20(21)25)14-19(24)22-15(2)16-10-6-5-7-11-16/h5-13,15H,4,14H2,1-3H3,(H,22,24)/t15-,21+/m1/s1. The van der Waals surface area contributed by atoms with Gasteiger partial charge in [-0.2, -0.15) is 0 Å². The highest BCUT2D eigenvalue weighted by Crippen LogP contribution is 2.45. The van der Waals surface area contributed by atoms with E-state index in [1.54, 1.807) is 11.9 Å². The monoisotopic (exact) mass is 336 g/mol. The molecular weight excluding hydrogens is 312 g/mol. The first kappa shape index (κ1) is 17.2. The highest BCUT2D eigenvalue weighted by Gasteiger charge is 2.49. The molecule has 2 aromatic carbocycles. The smallest absolute Gasteiger partial charge is 0.237 e. The summed E-state index contributed by atoms with van der Waals surface area (Å²) in [6, 6.07) is 17.5. The topological polar surface area (TPSA) is 49.4 Å². The van der Waals surface area contributed by atoms with E-state index in [9.17, 15) is 9.59 Å². The quantitative estimate of drug-likeness (QED) is 0.907. The molecule has 4 heteroatoms. The Morgan fingerprint density at radius 3 is 2.44 bits per heavy atom. The van der Waals surface area contributed by atoms with Gasteiger partial charge in [-0.1, -0.05) is 55.5 Å². The molecule has 2 atom stereocenters. The van der Waals surface area contributed by atoms with Crippen LogP contribution in [0.1, 0.15) is 43.9 Å². The molecule has 0 bridgehead atoms. The third kappa shape index (κ3) is 2.93. The Balaban J connectivity index is 1.83. The summed E-state index contributed by atoms with van der Waals surface area (Å²) in [6.07, 6.45) is 0.765. The van der Waals surface area contributed by atoms with Crippen LogP contribution < -0.4 is 10.2 Å². The van der Waals surface area contributed by atoms with Gasteiger partial charge in [0.2, 0.25) is 11.8 Å².